The van der Waals surface area contributed by atoms with Crippen LogP contribution >= 0.6 is 0 Å². The van der Waals surface area contributed by atoms with Crippen molar-refractivity contribution in [2.24, 2.45) is 0 Å². The van der Waals surface area contributed by atoms with E-state index in [1.165, 1.54) is 5.56 Å². The summed E-state index contributed by atoms with van der Waals surface area (Å²) >= 11 is 0. The molecule has 2 aromatic carbocycles. The maximum atomic E-state index is 5.63. The third kappa shape index (κ3) is 5.58. The molecule has 0 aliphatic heterocycles. The lowest BCUT2D eigenvalue weighted by Gasteiger charge is -2.14. The number of allylic oxidation sites excluding steroid dienone is 2. The predicted octanol–water partition coefficient (Wildman–Crippen LogP) is 5.17. The highest BCUT2D eigenvalue weighted by Crippen LogP contribution is 2.15. The molecular weight excluding hydrogens is 272 g/mol. The van der Waals surface area contributed by atoms with Gasteiger partial charge in [0.05, 0.1) is 0 Å². The van der Waals surface area contributed by atoms with Crippen molar-refractivity contribution >= 4 is 12.2 Å². The van der Waals surface area contributed by atoms with Gasteiger partial charge in [-0.1, -0.05) is 66.8 Å². The lowest BCUT2D eigenvalue weighted by molar-refractivity contribution is -0.0613. The van der Waals surface area contributed by atoms with Gasteiger partial charge in [0, 0.05) is 6.61 Å². The summed E-state index contributed by atoms with van der Waals surface area (Å²) in [7, 11) is 0. The number of hydrogen-bond donors (Lipinski definition) is 0. The van der Waals surface area contributed by atoms with Crippen LogP contribution in [0, 0.1) is 0 Å². The molecule has 2 rings (SSSR count). The molecule has 0 aromatic heterocycles. The van der Waals surface area contributed by atoms with Crippen LogP contribution in [0.1, 0.15) is 25.0 Å². The molecule has 0 amide bonds. The van der Waals surface area contributed by atoms with Gasteiger partial charge in [-0.05, 0) is 37.1 Å². The first-order valence-corrected chi connectivity index (χ1v) is 7.56. The van der Waals surface area contributed by atoms with Crippen molar-refractivity contribution in [2.45, 2.75) is 20.1 Å². The Morgan fingerprint density at radius 3 is 2.05 bits per heavy atom. The summed E-state index contributed by atoms with van der Waals surface area (Å²) in [6, 6.07) is 18.2. The summed E-state index contributed by atoms with van der Waals surface area (Å²) < 4.78 is 11.0. The number of ether oxygens (including phenoxy) is 2. The smallest absolute Gasteiger partial charge is 0.196 e. The van der Waals surface area contributed by atoms with Gasteiger partial charge in [-0.2, -0.15) is 0 Å². The Morgan fingerprint density at radius 2 is 1.45 bits per heavy atom. The Balaban J connectivity index is 1.88. The Hall–Kier alpha value is -2.32. The monoisotopic (exact) mass is 294 g/mol. The summed E-state index contributed by atoms with van der Waals surface area (Å²) in [6.45, 7) is 4.50. The molecule has 2 aromatic rings. The molecule has 2 nitrogen and oxygen atoms in total. The van der Waals surface area contributed by atoms with Gasteiger partial charge in [0.25, 0.3) is 0 Å². The van der Waals surface area contributed by atoms with Crippen molar-refractivity contribution in [3.05, 3.63) is 77.9 Å². The highest BCUT2D eigenvalue weighted by atomic mass is 16.7. The quantitative estimate of drug-likeness (QED) is 0.518. The largest absolute Gasteiger partial charge is 0.465 e. The second-order valence-corrected chi connectivity index (χ2v) is 4.84. The zero-order valence-corrected chi connectivity index (χ0v) is 13.1. The third-order valence-electron chi connectivity index (χ3n) is 3.07. The molecule has 0 fully saturated rings. The van der Waals surface area contributed by atoms with E-state index in [1.54, 1.807) is 0 Å². The van der Waals surface area contributed by atoms with Crippen LogP contribution in [0.4, 0.5) is 0 Å². The minimum absolute atomic E-state index is 0.222. The van der Waals surface area contributed by atoms with Crippen LogP contribution in [0.3, 0.4) is 0 Å². The standard InChI is InChI=1S/C20H22O2/c1-3-21-17(2)22-20-15-13-19(14-16-20)12-8-7-11-18-9-5-4-6-10-18/h4-17H,3H2,1-2H3. The van der Waals surface area contributed by atoms with Gasteiger partial charge in [0.1, 0.15) is 5.75 Å². The molecular formula is C20H22O2. The van der Waals surface area contributed by atoms with Crippen molar-refractivity contribution in [3.63, 3.8) is 0 Å². The topological polar surface area (TPSA) is 18.5 Å². The fourth-order valence-corrected chi connectivity index (χ4v) is 2.02. The second kappa shape index (κ2) is 8.85. The van der Waals surface area contributed by atoms with Crippen molar-refractivity contribution in [3.8, 4) is 5.75 Å². The van der Waals surface area contributed by atoms with Crippen molar-refractivity contribution in [1.82, 2.24) is 0 Å². The summed E-state index contributed by atoms with van der Waals surface area (Å²) in [5.41, 5.74) is 2.33. The first-order valence-electron chi connectivity index (χ1n) is 7.56. The maximum Gasteiger partial charge on any atom is 0.196 e. The van der Waals surface area contributed by atoms with Crippen molar-refractivity contribution in [2.75, 3.05) is 6.61 Å². The SMILES string of the molecule is CCOC(C)Oc1ccc(C=CC=Cc2ccccc2)cc1. The number of hydrogen-bond acceptors (Lipinski definition) is 2. The van der Waals surface area contributed by atoms with E-state index in [0.29, 0.717) is 6.61 Å². The zero-order chi connectivity index (χ0) is 15.6. The Kier molecular flexibility index (Phi) is 6.46. The molecule has 0 saturated carbocycles. The van der Waals surface area contributed by atoms with E-state index in [0.717, 1.165) is 11.3 Å². The molecule has 2 heteroatoms. The Labute approximate surface area is 132 Å². The summed E-state index contributed by atoms with van der Waals surface area (Å²) in [5, 5.41) is 0. The molecule has 0 spiro atoms. The predicted molar refractivity (Wildman–Crippen MR) is 92.7 cm³/mol. The van der Waals surface area contributed by atoms with Crippen LogP contribution in [-0.2, 0) is 4.74 Å². The highest BCUT2D eigenvalue weighted by Gasteiger charge is 2.01. The van der Waals surface area contributed by atoms with E-state index in [-0.39, 0.29) is 6.29 Å². The van der Waals surface area contributed by atoms with Crippen LogP contribution in [0.5, 0.6) is 5.75 Å². The minimum Gasteiger partial charge on any atom is -0.465 e. The highest BCUT2D eigenvalue weighted by molar-refractivity contribution is 5.57. The first-order chi connectivity index (χ1) is 10.8. The molecule has 0 aliphatic carbocycles. The first kappa shape index (κ1) is 16.1. The average molecular weight is 294 g/mol. The van der Waals surface area contributed by atoms with Gasteiger partial charge in [-0.15, -0.1) is 0 Å². The normalized spacial score (nSPS) is 12.8. The molecule has 0 radical (unpaired) electrons. The van der Waals surface area contributed by atoms with E-state index in [9.17, 15) is 0 Å². The van der Waals surface area contributed by atoms with Crippen LogP contribution in [-0.4, -0.2) is 12.9 Å². The molecule has 1 unspecified atom stereocenters. The van der Waals surface area contributed by atoms with E-state index in [1.807, 2.05) is 68.5 Å². The zero-order valence-electron chi connectivity index (χ0n) is 13.1. The lowest BCUT2D eigenvalue weighted by Crippen LogP contribution is -2.15. The van der Waals surface area contributed by atoms with Gasteiger partial charge >= 0.3 is 0 Å². The Morgan fingerprint density at radius 1 is 0.864 bits per heavy atom. The molecule has 114 valence electrons. The molecule has 22 heavy (non-hydrogen) atoms. The van der Waals surface area contributed by atoms with Crippen molar-refractivity contribution < 1.29 is 9.47 Å². The fraction of sp³-hybridized carbons (Fsp3) is 0.200. The van der Waals surface area contributed by atoms with E-state index in [2.05, 4.69) is 24.3 Å². The van der Waals surface area contributed by atoms with E-state index >= 15 is 0 Å². The molecule has 0 bridgehead atoms. The summed E-state index contributed by atoms with van der Waals surface area (Å²) in [6.07, 6.45) is 8.00. The molecule has 0 saturated heterocycles. The number of benzene rings is 2. The Bertz CT molecular complexity index is 597. The molecule has 0 aliphatic rings. The van der Waals surface area contributed by atoms with Gasteiger partial charge in [-0.25, -0.2) is 0 Å². The van der Waals surface area contributed by atoms with Gasteiger partial charge in [-0.3, -0.25) is 0 Å². The van der Waals surface area contributed by atoms with Crippen LogP contribution in [0.2, 0.25) is 0 Å². The van der Waals surface area contributed by atoms with Gasteiger partial charge in [0.15, 0.2) is 6.29 Å². The number of rotatable bonds is 7. The van der Waals surface area contributed by atoms with Crippen LogP contribution < -0.4 is 4.74 Å². The maximum absolute atomic E-state index is 5.63. The van der Waals surface area contributed by atoms with E-state index in [4.69, 9.17) is 9.47 Å². The van der Waals surface area contributed by atoms with E-state index < -0.39 is 0 Å². The summed E-state index contributed by atoms with van der Waals surface area (Å²) in [5.74, 6) is 0.818. The van der Waals surface area contributed by atoms with Crippen LogP contribution in [0.15, 0.2) is 66.7 Å². The van der Waals surface area contributed by atoms with Crippen molar-refractivity contribution in [1.29, 1.82) is 0 Å². The fourth-order valence-electron chi connectivity index (χ4n) is 2.02. The van der Waals surface area contributed by atoms with Crippen LogP contribution in [0.25, 0.3) is 12.2 Å². The molecule has 1 atom stereocenters. The average Bonchev–Trinajstić information content (AvgIpc) is 2.54. The van der Waals surface area contributed by atoms with Gasteiger partial charge in [0.2, 0.25) is 0 Å². The van der Waals surface area contributed by atoms with Gasteiger partial charge < -0.3 is 9.47 Å². The molecule has 0 N–H and O–H groups in total. The minimum atomic E-state index is -0.222. The lowest BCUT2D eigenvalue weighted by atomic mass is 10.2. The summed E-state index contributed by atoms with van der Waals surface area (Å²) in [4.78, 5) is 0. The third-order valence-corrected chi connectivity index (χ3v) is 3.07. The second-order valence-electron chi connectivity index (χ2n) is 4.84. The molecule has 0 heterocycles.